The van der Waals surface area contributed by atoms with Crippen LogP contribution in [-0.2, 0) is 0 Å². The molecule has 0 aliphatic carbocycles. The highest BCUT2D eigenvalue weighted by Crippen LogP contribution is 2.18. The number of hydrogen-bond acceptors (Lipinski definition) is 4. The van der Waals surface area contributed by atoms with Gasteiger partial charge in [0.25, 0.3) is 0 Å². The molecule has 0 amide bonds. The molecule has 0 unspecified atom stereocenters. The Bertz CT molecular complexity index is 439. The van der Waals surface area contributed by atoms with E-state index in [0.29, 0.717) is 0 Å². The number of aromatic nitrogens is 3. The summed E-state index contributed by atoms with van der Waals surface area (Å²) in [7, 11) is 1.87. The fourth-order valence-corrected chi connectivity index (χ4v) is 1.30. The monoisotopic (exact) mass is 174 g/mol. The van der Waals surface area contributed by atoms with E-state index in [4.69, 9.17) is 0 Å². The maximum atomic E-state index is 4.32. The lowest BCUT2D eigenvalue weighted by atomic mass is 10.2. The molecule has 0 atom stereocenters. The van der Waals surface area contributed by atoms with Gasteiger partial charge in [-0.25, -0.2) is 15.0 Å². The van der Waals surface area contributed by atoms with E-state index in [2.05, 4.69) is 20.3 Å². The molecule has 0 saturated carbocycles. The highest BCUT2D eigenvalue weighted by molar-refractivity contribution is 5.86. The van der Waals surface area contributed by atoms with Crippen molar-refractivity contribution in [2.75, 3.05) is 12.4 Å². The first-order valence-electron chi connectivity index (χ1n) is 4.06. The Morgan fingerprint density at radius 2 is 2.23 bits per heavy atom. The third-order valence-electron chi connectivity index (χ3n) is 1.87. The van der Waals surface area contributed by atoms with Crippen molar-refractivity contribution in [3.8, 4) is 0 Å². The van der Waals surface area contributed by atoms with Crippen molar-refractivity contribution in [1.82, 2.24) is 15.0 Å². The van der Waals surface area contributed by atoms with Crippen LogP contribution < -0.4 is 5.32 Å². The van der Waals surface area contributed by atoms with E-state index in [1.807, 2.05) is 20.0 Å². The summed E-state index contributed by atoms with van der Waals surface area (Å²) in [5.41, 5.74) is 3.64. The topological polar surface area (TPSA) is 50.7 Å². The van der Waals surface area contributed by atoms with Crippen LogP contribution in [0, 0.1) is 6.92 Å². The smallest absolute Gasteiger partial charge is 0.116 e. The maximum Gasteiger partial charge on any atom is 0.116 e. The summed E-state index contributed by atoms with van der Waals surface area (Å²) in [6.07, 6.45) is 3.25. The molecule has 4 nitrogen and oxygen atoms in total. The second-order valence-corrected chi connectivity index (χ2v) is 2.82. The number of anilines is 1. The average Bonchev–Trinajstić information content (AvgIpc) is 2.16. The van der Waals surface area contributed by atoms with E-state index >= 15 is 0 Å². The molecule has 2 aromatic heterocycles. The number of nitrogens with zero attached hydrogens (tertiary/aromatic N) is 3. The van der Waals surface area contributed by atoms with Gasteiger partial charge in [-0.05, 0) is 13.0 Å². The van der Waals surface area contributed by atoms with Gasteiger partial charge in [0, 0.05) is 12.7 Å². The molecule has 1 N–H and O–H groups in total. The lowest BCUT2D eigenvalue weighted by Crippen LogP contribution is -1.95. The number of nitrogens with one attached hydrogen (secondary N) is 1. The number of fused-ring (bicyclic) bond motifs is 1. The van der Waals surface area contributed by atoms with Gasteiger partial charge in [0.15, 0.2) is 0 Å². The van der Waals surface area contributed by atoms with Gasteiger partial charge in [-0.15, -0.1) is 0 Å². The van der Waals surface area contributed by atoms with Crippen LogP contribution in [0.5, 0.6) is 0 Å². The summed E-state index contributed by atoms with van der Waals surface area (Å²) >= 11 is 0. The number of pyridine rings is 1. The van der Waals surface area contributed by atoms with Crippen molar-refractivity contribution in [2.24, 2.45) is 0 Å². The van der Waals surface area contributed by atoms with Crippen molar-refractivity contribution >= 4 is 16.7 Å². The highest BCUT2D eigenvalue weighted by Gasteiger charge is 2.02. The fourth-order valence-electron chi connectivity index (χ4n) is 1.30. The van der Waals surface area contributed by atoms with Crippen LogP contribution in [-0.4, -0.2) is 22.0 Å². The van der Waals surface area contributed by atoms with E-state index in [9.17, 15) is 0 Å². The van der Waals surface area contributed by atoms with Crippen molar-refractivity contribution < 1.29 is 0 Å². The molecule has 4 heteroatoms. The molecule has 13 heavy (non-hydrogen) atoms. The van der Waals surface area contributed by atoms with Crippen LogP contribution in [0.4, 0.5) is 5.69 Å². The molecule has 2 heterocycles. The van der Waals surface area contributed by atoms with Gasteiger partial charge in [-0.2, -0.15) is 0 Å². The minimum absolute atomic E-state index is 0.826. The first kappa shape index (κ1) is 7.91. The summed E-state index contributed by atoms with van der Waals surface area (Å²) in [4.78, 5) is 12.4. The average molecular weight is 174 g/mol. The lowest BCUT2D eigenvalue weighted by Gasteiger charge is -2.04. The minimum atomic E-state index is 0.826. The Morgan fingerprint density at radius 1 is 1.38 bits per heavy atom. The third kappa shape index (κ3) is 1.30. The molecule has 66 valence electrons. The molecule has 2 rings (SSSR count). The molecule has 0 bridgehead atoms. The predicted molar refractivity (Wildman–Crippen MR) is 51.6 cm³/mol. The van der Waals surface area contributed by atoms with Crippen LogP contribution in [0.15, 0.2) is 18.6 Å². The summed E-state index contributed by atoms with van der Waals surface area (Å²) in [5.74, 6) is 0. The molecule has 0 aromatic carbocycles. The molecule has 0 saturated heterocycles. The van der Waals surface area contributed by atoms with Gasteiger partial charge in [0.2, 0.25) is 0 Å². The molecule has 0 aliphatic rings. The number of hydrogen-bond donors (Lipinski definition) is 1. The van der Waals surface area contributed by atoms with Crippen LogP contribution in [0.3, 0.4) is 0 Å². The molecule has 0 spiro atoms. The van der Waals surface area contributed by atoms with Crippen molar-refractivity contribution in [3.05, 3.63) is 24.3 Å². The maximum absolute atomic E-state index is 4.32. The highest BCUT2D eigenvalue weighted by atomic mass is 14.9. The Hall–Kier alpha value is -1.71. The molecule has 0 fully saturated rings. The lowest BCUT2D eigenvalue weighted by molar-refractivity contribution is 1.17. The summed E-state index contributed by atoms with van der Waals surface area (Å²) in [6, 6.07) is 1.97. The quantitative estimate of drug-likeness (QED) is 0.709. The summed E-state index contributed by atoms with van der Waals surface area (Å²) < 4.78 is 0. The Kier molecular flexibility index (Phi) is 1.81. The van der Waals surface area contributed by atoms with E-state index in [0.717, 1.165) is 22.4 Å². The standard InChI is InChI=1S/C9H10N4/c1-6-3-7(10-2)9-8(13-6)4-11-5-12-9/h3-5H,1-2H3,(H,10,13). The second-order valence-electron chi connectivity index (χ2n) is 2.82. The Balaban J connectivity index is 2.81. The minimum Gasteiger partial charge on any atom is -0.386 e. The van der Waals surface area contributed by atoms with E-state index in [1.54, 1.807) is 6.20 Å². The second kappa shape index (κ2) is 2.97. The van der Waals surface area contributed by atoms with Gasteiger partial charge in [-0.3, -0.25) is 0 Å². The number of rotatable bonds is 1. The third-order valence-corrected chi connectivity index (χ3v) is 1.87. The van der Waals surface area contributed by atoms with Crippen molar-refractivity contribution in [3.63, 3.8) is 0 Å². The van der Waals surface area contributed by atoms with Crippen LogP contribution in [0.25, 0.3) is 11.0 Å². The zero-order valence-electron chi connectivity index (χ0n) is 7.57. The SMILES string of the molecule is CNc1cc(C)nc2cncnc12. The Morgan fingerprint density at radius 3 is 3.00 bits per heavy atom. The summed E-state index contributed by atoms with van der Waals surface area (Å²) in [5, 5.41) is 3.08. The van der Waals surface area contributed by atoms with Gasteiger partial charge in [-0.1, -0.05) is 0 Å². The summed E-state index contributed by atoms with van der Waals surface area (Å²) in [6.45, 7) is 1.95. The van der Waals surface area contributed by atoms with Gasteiger partial charge < -0.3 is 5.32 Å². The normalized spacial score (nSPS) is 10.3. The molecular formula is C9H10N4. The molecule has 0 aliphatic heterocycles. The Labute approximate surface area is 76.1 Å². The zero-order chi connectivity index (χ0) is 9.26. The van der Waals surface area contributed by atoms with Crippen molar-refractivity contribution in [1.29, 1.82) is 0 Å². The molecule has 0 radical (unpaired) electrons. The van der Waals surface area contributed by atoms with E-state index < -0.39 is 0 Å². The molecular weight excluding hydrogens is 164 g/mol. The van der Waals surface area contributed by atoms with Gasteiger partial charge >= 0.3 is 0 Å². The van der Waals surface area contributed by atoms with Crippen LogP contribution >= 0.6 is 0 Å². The van der Waals surface area contributed by atoms with E-state index in [-0.39, 0.29) is 0 Å². The largest absolute Gasteiger partial charge is 0.386 e. The van der Waals surface area contributed by atoms with Crippen molar-refractivity contribution in [2.45, 2.75) is 6.92 Å². The van der Waals surface area contributed by atoms with Gasteiger partial charge in [0.1, 0.15) is 17.4 Å². The fraction of sp³-hybridized carbons (Fsp3) is 0.222. The first-order valence-corrected chi connectivity index (χ1v) is 4.06. The van der Waals surface area contributed by atoms with Gasteiger partial charge in [0.05, 0.1) is 11.9 Å². The predicted octanol–water partition coefficient (Wildman–Crippen LogP) is 1.37. The van der Waals surface area contributed by atoms with E-state index in [1.165, 1.54) is 6.33 Å². The molecule has 2 aromatic rings. The van der Waals surface area contributed by atoms with Crippen LogP contribution in [0.2, 0.25) is 0 Å². The zero-order valence-corrected chi connectivity index (χ0v) is 7.57. The number of aryl methyl sites for hydroxylation is 1. The first-order chi connectivity index (χ1) is 6.31. The van der Waals surface area contributed by atoms with Crippen LogP contribution in [0.1, 0.15) is 5.69 Å².